The maximum absolute atomic E-state index is 13.9. The third kappa shape index (κ3) is 3.69. The van der Waals surface area contributed by atoms with E-state index < -0.39 is 0 Å². The minimum atomic E-state index is -0.327. The number of benzene rings is 1. The number of nitrogens with two attached hydrogens (primary N) is 1. The Morgan fingerprint density at radius 3 is 2.75 bits per heavy atom. The Morgan fingerprint density at radius 2 is 2.15 bits per heavy atom. The summed E-state index contributed by atoms with van der Waals surface area (Å²) in [5, 5.41) is 8.75. The van der Waals surface area contributed by atoms with Crippen molar-refractivity contribution in [3.8, 4) is 6.07 Å². The molecule has 0 atom stereocenters. The van der Waals surface area contributed by atoms with Crippen LogP contribution in [0.2, 0.25) is 0 Å². The van der Waals surface area contributed by atoms with Gasteiger partial charge in [0.15, 0.2) is 0 Å². The van der Waals surface area contributed by atoms with E-state index in [0.717, 1.165) is 32.4 Å². The Morgan fingerprint density at radius 1 is 1.40 bits per heavy atom. The molecule has 0 aromatic heterocycles. The van der Waals surface area contributed by atoms with Gasteiger partial charge >= 0.3 is 0 Å². The molecule has 0 saturated carbocycles. The van der Waals surface area contributed by atoms with Crippen LogP contribution in [0.1, 0.15) is 24.8 Å². The minimum Gasteiger partial charge on any atom is -0.378 e. The van der Waals surface area contributed by atoms with Crippen molar-refractivity contribution in [3.05, 3.63) is 29.6 Å². The van der Waals surface area contributed by atoms with Crippen LogP contribution in [0.5, 0.6) is 0 Å². The van der Waals surface area contributed by atoms with Crippen molar-refractivity contribution < 1.29 is 9.13 Å². The van der Waals surface area contributed by atoms with E-state index in [0.29, 0.717) is 24.4 Å². The Balaban J connectivity index is 1.89. The predicted molar refractivity (Wildman–Crippen MR) is 76.0 cm³/mol. The zero-order valence-electron chi connectivity index (χ0n) is 11.5. The van der Waals surface area contributed by atoms with E-state index in [1.54, 1.807) is 12.1 Å². The Bertz CT molecular complexity index is 478. The summed E-state index contributed by atoms with van der Waals surface area (Å²) < 4.78 is 19.7. The van der Waals surface area contributed by atoms with Gasteiger partial charge in [-0.2, -0.15) is 5.26 Å². The molecule has 1 aliphatic rings. The summed E-state index contributed by atoms with van der Waals surface area (Å²) >= 11 is 0. The Kier molecular flexibility index (Phi) is 5.33. The largest absolute Gasteiger partial charge is 0.378 e. The molecule has 1 saturated heterocycles. The van der Waals surface area contributed by atoms with E-state index in [9.17, 15) is 4.39 Å². The van der Waals surface area contributed by atoms with Crippen molar-refractivity contribution in [3.63, 3.8) is 0 Å². The van der Waals surface area contributed by atoms with E-state index in [1.165, 1.54) is 6.07 Å². The van der Waals surface area contributed by atoms with Gasteiger partial charge in [0.2, 0.25) is 0 Å². The topological polar surface area (TPSA) is 62.3 Å². The third-order valence-electron chi connectivity index (χ3n) is 3.56. The Hall–Kier alpha value is -1.64. The second-order valence-electron chi connectivity index (χ2n) is 4.98. The molecule has 1 aliphatic heterocycles. The number of anilines is 1. The van der Waals surface area contributed by atoms with E-state index in [1.807, 2.05) is 11.0 Å². The fourth-order valence-electron chi connectivity index (χ4n) is 2.43. The molecule has 0 amide bonds. The predicted octanol–water partition coefficient (Wildman–Crippen LogP) is 2.03. The van der Waals surface area contributed by atoms with Crippen LogP contribution in [-0.2, 0) is 4.74 Å². The molecule has 0 unspecified atom stereocenters. The maximum atomic E-state index is 13.9. The van der Waals surface area contributed by atoms with Crippen molar-refractivity contribution in [1.29, 1.82) is 5.26 Å². The lowest BCUT2D eigenvalue weighted by Crippen LogP contribution is -2.37. The standard InChI is InChI=1S/C15H20FN3O/c16-14-10-12(11-18)2-3-15(14)19-7-4-13(5-8-19)20-9-1-6-17/h2-3,10,13H,1,4-9,17H2. The molecule has 1 fully saturated rings. The number of piperidine rings is 1. The smallest absolute Gasteiger partial charge is 0.147 e. The number of nitriles is 1. The molecular formula is C15H20FN3O. The highest BCUT2D eigenvalue weighted by atomic mass is 19.1. The quantitative estimate of drug-likeness (QED) is 0.837. The summed E-state index contributed by atoms with van der Waals surface area (Å²) in [6.07, 6.45) is 2.91. The minimum absolute atomic E-state index is 0.249. The number of hydrogen-bond donors (Lipinski definition) is 1. The van der Waals surface area contributed by atoms with Crippen LogP contribution in [0.25, 0.3) is 0 Å². The second kappa shape index (κ2) is 7.22. The van der Waals surface area contributed by atoms with Gasteiger partial charge < -0.3 is 15.4 Å². The molecule has 0 radical (unpaired) electrons. The zero-order chi connectivity index (χ0) is 14.4. The molecule has 0 aliphatic carbocycles. The van der Waals surface area contributed by atoms with Crippen molar-refractivity contribution in [1.82, 2.24) is 0 Å². The van der Waals surface area contributed by atoms with Crippen LogP contribution >= 0.6 is 0 Å². The first-order valence-electron chi connectivity index (χ1n) is 7.01. The average Bonchev–Trinajstić information content (AvgIpc) is 2.48. The number of rotatable bonds is 5. The third-order valence-corrected chi connectivity index (χ3v) is 3.56. The molecule has 2 N–H and O–H groups in total. The molecule has 5 heteroatoms. The number of halogens is 1. The van der Waals surface area contributed by atoms with Crippen LogP contribution in [0.4, 0.5) is 10.1 Å². The lowest BCUT2D eigenvalue weighted by Gasteiger charge is -2.33. The summed E-state index contributed by atoms with van der Waals surface area (Å²) in [4.78, 5) is 2.01. The van der Waals surface area contributed by atoms with E-state index in [-0.39, 0.29) is 11.9 Å². The van der Waals surface area contributed by atoms with Gasteiger partial charge in [-0.1, -0.05) is 0 Å². The van der Waals surface area contributed by atoms with Crippen LogP contribution < -0.4 is 10.6 Å². The molecule has 4 nitrogen and oxygen atoms in total. The van der Waals surface area contributed by atoms with Gasteiger partial charge in [0.1, 0.15) is 5.82 Å². The summed E-state index contributed by atoms with van der Waals surface area (Å²) in [5.74, 6) is -0.327. The number of hydrogen-bond acceptors (Lipinski definition) is 4. The lowest BCUT2D eigenvalue weighted by molar-refractivity contribution is 0.0365. The fourth-order valence-corrected chi connectivity index (χ4v) is 2.43. The van der Waals surface area contributed by atoms with Crippen molar-refractivity contribution in [2.45, 2.75) is 25.4 Å². The monoisotopic (exact) mass is 277 g/mol. The van der Waals surface area contributed by atoms with Gasteiger partial charge in [0.25, 0.3) is 0 Å². The van der Waals surface area contributed by atoms with E-state index >= 15 is 0 Å². The summed E-state index contributed by atoms with van der Waals surface area (Å²) in [5.41, 5.74) is 6.36. The summed E-state index contributed by atoms with van der Waals surface area (Å²) in [7, 11) is 0. The molecule has 108 valence electrons. The zero-order valence-corrected chi connectivity index (χ0v) is 11.5. The van der Waals surface area contributed by atoms with Crippen LogP contribution in [-0.4, -0.2) is 32.3 Å². The van der Waals surface area contributed by atoms with Crippen LogP contribution in [0.15, 0.2) is 18.2 Å². The van der Waals surface area contributed by atoms with Gasteiger partial charge in [0, 0.05) is 19.7 Å². The Labute approximate surface area is 118 Å². The molecule has 1 heterocycles. The van der Waals surface area contributed by atoms with Crippen molar-refractivity contribution in [2.75, 3.05) is 31.1 Å². The molecule has 1 aromatic rings. The molecule has 0 spiro atoms. The molecule has 1 aromatic carbocycles. The highest BCUT2D eigenvalue weighted by Gasteiger charge is 2.21. The molecular weight excluding hydrogens is 257 g/mol. The SMILES string of the molecule is N#Cc1ccc(N2CCC(OCCCN)CC2)c(F)c1. The maximum Gasteiger partial charge on any atom is 0.147 e. The van der Waals surface area contributed by atoms with Crippen molar-refractivity contribution >= 4 is 5.69 Å². The van der Waals surface area contributed by atoms with Gasteiger partial charge in [-0.25, -0.2) is 4.39 Å². The van der Waals surface area contributed by atoms with Crippen LogP contribution in [0, 0.1) is 17.1 Å². The number of nitrogens with zero attached hydrogens (tertiary/aromatic N) is 2. The molecule has 2 rings (SSSR count). The molecule has 0 bridgehead atoms. The summed E-state index contributed by atoms with van der Waals surface area (Å²) in [6, 6.07) is 6.57. The van der Waals surface area contributed by atoms with E-state index in [4.69, 9.17) is 15.7 Å². The number of ether oxygens (including phenoxy) is 1. The van der Waals surface area contributed by atoms with Crippen molar-refractivity contribution in [2.24, 2.45) is 5.73 Å². The van der Waals surface area contributed by atoms with E-state index in [2.05, 4.69) is 0 Å². The second-order valence-corrected chi connectivity index (χ2v) is 4.98. The highest BCUT2D eigenvalue weighted by Crippen LogP contribution is 2.25. The lowest BCUT2D eigenvalue weighted by atomic mass is 10.1. The normalized spacial score (nSPS) is 16.1. The van der Waals surface area contributed by atoms with Crippen LogP contribution in [0.3, 0.4) is 0 Å². The molecule has 20 heavy (non-hydrogen) atoms. The average molecular weight is 277 g/mol. The first-order valence-corrected chi connectivity index (χ1v) is 7.01. The van der Waals surface area contributed by atoms with Gasteiger partial charge in [0.05, 0.1) is 23.4 Å². The first-order chi connectivity index (χ1) is 9.74. The fraction of sp³-hybridized carbons (Fsp3) is 0.533. The van der Waals surface area contributed by atoms with Gasteiger partial charge in [-0.15, -0.1) is 0 Å². The summed E-state index contributed by atoms with van der Waals surface area (Å²) in [6.45, 7) is 2.90. The highest BCUT2D eigenvalue weighted by molar-refractivity contribution is 5.51. The first kappa shape index (κ1) is 14.8. The van der Waals surface area contributed by atoms with Gasteiger partial charge in [-0.3, -0.25) is 0 Å². The van der Waals surface area contributed by atoms with Gasteiger partial charge in [-0.05, 0) is 44.0 Å².